The molecule has 4 heterocycles. The lowest BCUT2D eigenvalue weighted by Gasteiger charge is -2.35. The molecule has 1 aliphatic rings. The second-order valence-corrected chi connectivity index (χ2v) is 6.91. The van der Waals surface area contributed by atoms with Crippen LogP contribution in [-0.2, 0) is 7.05 Å². The van der Waals surface area contributed by atoms with E-state index in [0.29, 0.717) is 37.6 Å². The fraction of sp³-hybridized carbons (Fsp3) is 0.300. The van der Waals surface area contributed by atoms with Gasteiger partial charge in [-0.15, -0.1) is 0 Å². The van der Waals surface area contributed by atoms with E-state index in [2.05, 4.69) is 20.3 Å². The van der Waals surface area contributed by atoms with Crippen molar-refractivity contribution in [2.75, 3.05) is 36.4 Å². The summed E-state index contributed by atoms with van der Waals surface area (Å²) in [6.07, 6.45) is 3.07. The Morgan fingerprint density at radius 2 is 1.93 bits per heavy atom. The molecule has 0 aromatic carbocycles. The number of pyridine rings is 1. The molecule has 3 aromatic rings. The topological polar surface area (TPSA) is 96.5 Å². The number of nitrogens with one attached hydrogen (secondary N) is 1. The number of hydrogen-bond donors (Lipinski definition) is 1. The van der Waals surface area contributed by atoms with Crippen LogP contribution in [0.4, 0.5) is 11.5 Å². The highest BCUT2D eigenvalue weighted by Crippen LogP contribution is 2.18. The molecule has 4 rings (SSSR count). The number of amides is 2. The summed E-state index contributed by atoms with van der Waals surface area (Å²) in [6.45, 7) is 4.48. The largest absolute Gasteiger partial charge is 0.459 e. The quantitative estimate of drug-likeness (QED) is 0.726. The fourth-order valence-electron chi connectivity index (χ4n) is 3.36. The highest BCUT2D eigenvalue weighted by atomic mass is 16.3. The van der Waals surface area contributed by atoms with Gasteiger partial charge in [0.2, 0.25) is 0 Å². The molecule has 0 unspecified atom stereocenters. The maximum Gasteiger partial charge on any atom is 0.291 e. The molecule has 9 nitrogen and oxygen atoms in total. The second-order valence-electron chi connectivity index (χ2n) is 6.91. The van der Waals surface area contributed by atoms with Gasteiger partial charge in [-0.05, 0) is 37.3 Å². The van der Waals surface area contributed by atoms with E-state index in [9.17, 15) is 9.59 Å². The van der Waals surface area contributed by atoms with Crippen molar-refractivity contribution in [3.05, 3.63) is 59.9 Å². The zero-order valence-electron chi connectivity index (χ0n) is 16.3. The second kappa shape index (κ2) is 7.78. The summed E-state index contributed by atoms with van der Waals surface area (Å²) in [6, 6.07) is 8.74. The third-order valence-electron chi connectivity index (χ3n) is 4.86. The van der Waals surface area contributed by atoms with Crippen molar-refractivity contribution in [3.8, 4) is 0 Å². The van der Waals surface area contributed by atoms with Crippen molar-refractivity contribution in [1.29, 1.82) is 0 Å². The molecule has 0 aliphatic carbocycles. The number of carbonyl (C=O) groups excluding carboxylic acids is 2. The Morgan fingerprint density at radius 1 is 1.14 bits per heavy atom. The normalized spacial score (nSPS) is 14.1. The highest BCUT2D eigenvalue weighted by Gasteiger charge is 2.25. The minimum Gasteiger partial charge on any atom is -0.459 e. The Kier molecular flexibility index (Phi) is 5.03. The van der Waals surface area contributed by atoms with Crippen LogP contribution in [0.5, 0.6) is 0 Å². The Bertz CT molecular complexity index is 1000. The SMILES string of the molecule is Cc1cc(C(=O)N2CCN(c3ccc(NC(=O)c4ccco4)cn3)CC2)n(C)n1. The summed E-state index contributed by atoms with van der Waals surface area (Å²) in [4.78, 5) is 33.1. The van der Waals surface area contributed by atoms with Crippen molar-refractivity contribution < 1.29 is 14.0 Å². The molecule has 0 saturated carbocycles. The molecule has 0 radical (unpaired) electrons. The summed E-state index contributed by atoms with van der Waals surface area (Å²) in [5.74, 6) is 0.738. The number of aryl methyl sites for hydroxylation is 2. The summed E-state index contributed by atoms with van der Waals surface area (Å²) >= 11 is 0. The number of nitrogens with zero attached hydrogens (tertiary/aromatic N) is 5. The average molecular weight is 394 g/mol. The molecule has 1 aliphatic heterocycles. The van der Waals surface area contributed by atoms with Crippen LogP contribution in [0.3, 0.4) is 0 Å². The highest BCUT2D eigenvalue weighted by molar-refractivity contribution is 6.02. The third-order valence-corrected chi connectivity index (χ3v) is 4.86. The van der Waals surface area contributed by atoms with Gasteiger partial charge in [0.15, 0.2) is 5.76 Å². The van der Waals surface area contributed by atoms with Crippen molar-refractivity contribution in [3.63, 3.8) is 0 Å². The van der Waals surface area contributed by atoms with E-state index in [4.69, 9.17) is 4.42 Å². The minimum absolute atomic E-state index is 0.00306. The lowest BCUT2D eigenvalue weighted by atomic mass is 10.2. The molecule has 0 atom stereocenters. The number of rotatable bonds is 4. The van der Waals surface area contributed by atoms with Gasteiger partial charge in [-0.3, -0.25) is 14.3 Å². The summed E-state index contributed by atoms with van der Waals surface area (Å²) < 4.78 is 6.70. The number of carbonyl (C=O) groups is 2. The third kappa shape index (κ3) is 3.98. The van der Waals surface area contributed by atoms with Gasteiger partial charge in [-0.25, -0.2) is 4.98 Å². The van der Waals surface area contributed by atoms with Gasteiger partial charge < -0.3 is 19.5 Å². The van der Waals surface area contributed by atoms with Crippen LogP contribution in [0.15, 0.2) is 47.2 Å². The molecule has 9 heteroatoms. The maximum absolute atomic E-state index is 12.7. The van der Waals surface area contributed by atoms with E-state index >= 15 is 0 Å². The molecule has 1 fully saturated rings. The van der Waals surface area contributed by atoms with Gasteiger partial charge in [0.25, 0.3) is 11.8 Å². The smallest absolute Gasteiger partial charge is 0.291 e. The van der Waals surface area contributed by atoms with Gasteiger partial charge >= 0.3 is 0 Å². The predicted octanol–water partition coefficient (Wildman–Crippen LogP) is 1.93. The van der Waals surface area contributed by atoms with E-state index < -0.39 is 0 Å². The Morgan fingerprint density at radius 3 is 2.52 bits per heavy atom. The Labute approximate surface area is 167 Å². The van der Waals surface area contributed by atoms with Crippen LogP contribution in [0.1, 0.15) is 26.7 Å². The van der Waals surface area contributed by atoms with Crippen molar-refractivity contribution >= 4 is 23.3 Å². The monoisotopic (exact) mass is 394 g/mol. The number of piperazine rings is 1. The van der Waals surface area contributed by atoms with Gasteiger partial charge in [0.05, 0.1) is 23.8 Å². The van der Waals surface area contributed by atoms with Crippen molar-refractivity contribution in [1.82, 2.24) is 19.7 Å². The van der Waals surface area contributed by atoms with Crippen LogP contribution in [0, 0.1) is 6.92 Å². The summed E-state index contributed by atoms with van der Waals surface area (Å²) in [5.41, 5.74) is 2.03. The molecule has 150 valence electrons. The van der Waals surface area contributed by atoms with E-state index in [1.807, 2.05) is 24.0 Å². The molecular weight excluding hydrogens is 372 g/mol. The van der Waals surface area contributed by atoms with Gasteiger partial charge in [0, 0.05) is 33.2 Å². The first-order valence-electron chi connectivity index (χ1n) is 9.37. The number of aromatic nitrogens is 3. The lowest BCUT2D eigenvalue weighted by Crippen LogP contribution is -2.49. The van der Waals surface area contributed by atoms with E-state index in [1.54, 1.807) is 36.1 Å². The number of furan rings is 1. The molecule has 1 saturated heterocycles. The lowest BCUT2D eigenvalue weighted by molar-refractivity contribution is 0.0735. The minimum atomic E-state index is -0.318. The molecular formula is C20H22N6O3. The standard InChI is InChI=1S/C20H22N6O3/c1-14-12-16(24(2)23-14)20(28)26-9-7-25(8-10-26)18-6-5-15(13-21-18)22-19(27)17-4-3-11-29-17/h3-6,11-13H,7-10H2,1-2H3,(H,22,27). The molecule has 0 spiro atoms. The van der Waals surface area contributed by atoms with Crippen LogP contribution in [0.25, 0.3) is 0 Å². The van der Waals surface area contributed by atoms with Gasteiger partial charge in [0.1, 0.15) is 11.5 Å². The molecule has 2 amide bonds. The van der Waals surface area contributed by atoms with Crippen LogP contribution in [0.2, 0.25) is 0 Å². The number of anilines is 2. The van der Waals surface area contributed by atoms with Crippen LogP contribution < -0.4 is 10.2 Å². The Balaban J connectivity index is 1.34. The first-order valence-corrected chi connectivity index (χ1v) is 9.37. The predicted molar refractivity (Wildman–Crippen MR) is 107 cm³/mol. The first-order chi connectivity index (χ1) is 14.0. The van der Waals surface area contributed by atoms with Gasteiger partial charge in [-0.1, -0.05) is 0 Å². The Hall–Kier alpha value is -3.62. The maximum atomic E-state index is 12.7. The number of hydrogen-bond acceptors (Lipinski definition) is 6. The van der Waals surface area contributed by atoms with Gasteiger partial charge in [-0.2, -0.15) is 5.10 Å². The summed E-state index contributed by atoms with van der Waals surface area (Å²) in [5, 5.41) is 6.99. The zero-order chi connectivity index (χ0) is 20.4. The van der Waals surface area contributed by atoms with Crippen LogP contribution in [-0.4, -0.2) is 57.7 Å². The van der Waals surface area contributed by atoms with E-state index in [-0.39, 0.29) is 17.6 Å². The zero-order valence-corrected chi connectivity index (χ0v) is 16.3. The average Bonchev–Trinajstić information content (AvgIpc) is 3.38. The fourth-order valence-corrected chi connectivity index (χ4v) is 3.36. The molecule has 3 aromatic heterocycles. The first kappa shape index (κ1) is 18.7. The van der Waals surface area contributed by atoms with Crippen molar-refractivity contribution in [2.24, 2.45) is 7.05 Å². The van der Waals surface area contributed by atoms with Crippen molar-refractivity contribution in [2.45, 2.75) is 6.92 Å². The van der Waals surface area contributed by atoms with E-state index in [0.717, 1.165) is 11.5 Å². The molecule has 0 bridgehead atoms. The van der Waals surface area contributed by atoms with E-state index in [1.165, 1.54) is 6.26 Å². The molecule has 29 heavy (non-hydrogen) atoms. The van der Waals surface area contributed by atoms with Crippen LogP contribution >= 0.6 is 0 Å². The summed E-state index contributed by atoms with van der Waals surface area (Å²) in [7, 11) is 1.78. The molecule has 1 N–H and O–H groups in total.